The molecule has 3 rings (SSSR count). The van der Waals surface area contributed by atoms with E-state index in [4.69, 9.17) is 9.84 Å². The van der Waals surface area contributed by atoms with Crippen LogP contribution < -0.4 is 10.9 Å². The van der Waals surface area contributed by atoms with E-state index >= 15 is 0 Å². The number of nitrogens with one attached hydrogen (secondary N) is 2. The van der Waals surface area contributed by atoms with Crippen LogP contribution in [0.5, 0.6) is 0 Å². The first kappa shape index (κ1) is 18.7. The van der Waals surface area contributed by atoms with Crippen molar-refractivity contribution in [2.24, 2.45) is 0 Å². The topological polar surface area (TPSA) is 186 Å². The van der Waals surface area contributed by atoms with Gasteiger partial charge >= 0.3 is 0 Å². The average Bonchev–Trinajstić information content (AvgIpc) is 3.22. The fourth-order valence-corrected chi connectivity index (χ4v) is 2.73. The van der Waals surface area contributed by atoms with Crippen molar-refractivity contribution in [1.82, 2.24) is 19.5 Å². The van der Waals surface area contributed by atoms with E-state index in [1.165, 1.54) is 10.9 Å². The van der Waals surface area contributed by atoms with Crippen LogP contribution in [0.3, 0.4) is 0 Å². The zero-order valence-electron chi connectivity index (χ0n) is 13.7. The summed E-state index contributed by atoms with van der Waals surface area (Å²) < 4.78 is 7.03. The standard InChI is InChI=1S/C14H21N5O7/c20-3-8(24)7(23)2-15-14-17-12-11(13(25)18-14)16-5-19(12)10-1-6(22)9(4-21)26-10/h5-10,20-24H,1-4H2,(H2,15,17,18,25)/t6-,7-,8-,9+,10+/m0/s1. The molecule has 1 fully saturated rings. The van der Waals surface area contributed by atoms with Crippen molar-refractivity contribution in [2.75, 3.05) is 25.1 Å². The Bertz CT molecular complexity index is 809. The maximum absolute atomic E-state index is 12.2. The minimum absolute atomic E-state index is 0.0330. The minimum Gasteiger partial charge on any atom is -0.394 e. The van der Waals surface area contributed by atoms with Crippen LogP contribution in [0.15, 0.2) is 11.1 Å². The summed E-state index contributed by atoms with van der Waals surface area (Å²) in [4.78, 5) is 22.8. The zero-order valence-corrected chi connectivity index (χ0v) is 13.7. The summed E-state index contributed by atoms with van der Waals surface area (Å²) in [7, 11) is 0. The Hall–Kier alpha value is -2.09. The summed E-state index contributed by atoms with van der Waals surface area (Å²) >= 11 is 0. The molecule has 7 N–H and O–H groups in total. The predicted octanol–water partition coefficient (Wildman–Crippen LogP) is -3.11. The van der Waals surface area contributed by atoms with Gasteiger partial charge in [0.25, 0.3) is 5.56 Å². The van der Waals surface area contributed by atoms with E-state index in [-0.39, 0.29) is 36.7 Å². The molecule has 5 atom stereocenters. The number of aliphatic hydroxyl groups excluding tert-OH is 5. The third kappa shape index (κ3) is 3.56. The second kappa shape index (κ2) is 7.65. The van der Waals surface area contributed by atoms with Gasteiger partial charge in [-0.05, 0) is 0 Å². The molecule has 2 aromatic rings. The first-order chi connectivity index (χ1) is 12.4. The lowest BCUT2D eigenvalue weighted by atomic mass is 10.2. The second-order valence-corrected chi connectivity index (χ2v) is 6.05. The van der Waals surface area contributed by atoms with E-state index in [0.29, 0.717) is 0 Å². The number of hydrogen-bond acceptors (Lipinski definition) is 10. The van der Waals surface area contributed by atoms with Gasteiger partial charge in [0.1, 0.15) is 18.4 Å². The van der Waals surface area contributed by atoms with Crippen LogP contribution >= 0.6 is 0 Å². The Kier molecular flexibility index (Phi) is 5.50. The van der Waals surface area contributed by atoms with Gasteiger partial charge in [0.2, 0.25) is 5.95 Å². The number of H-pyrrole nitrogens is 1. The molecule has 0 spiro atoms. The highest BCUT2D eigenvalue weighted by molar-refractivity contribution is 5.70. The predicted molar refractivity (Wildman–Crippen MR) is 87.4 cm³/mol. The Labute approximate surface area is 146 Å². The zero-order chi connectivity index (χ0) is 18.8. The van der Waals surface area contributed by atoms with Gasteiger partial charge in [-0.3, -0.25) is 14.3 Å². The molecule has 0 aromatic carbocycles. The lowest BCUT2D eigenvalue weighted by molar-refractivity contribution is -0.0432. The van der Waals surface area contributed by atoms with Crippen LogP contribution in [-0.2, 0) is 4.74 Å². The first-order valence-corrected chi connectivity index (χ1v) is 8.06. The monoisotopic (exact) mass is 371 g/mol. The van der Waals surface area contributed by atoms with Crippen molar-refractivity contribution in [3.8, 4) is 0 Å². The lowest BCUT2D eigenvalue weighted by Gasteiger charge is -2.16. The third-order valence-corrected chi connectivity index (χ3v) is 4.24. The summed E-state index contributed by atoms with van der Waals surface area (Å²) in [5.74, 6) is 0.0330. The molecule has 144 valence electrons. The summed E-state index contributed by atoms with van der Waals surface area (Å²) in [6, 6.07) is 0. The minimum atomic E-state index is -1.33. The van der Waals surface area contributed by atoms with Crippen molar-refractivity contribution in [2.45, 2.75) is 37.1 Å². The highest BCUT2D eigenvalue weighted by Gasteiger charge is 2.35. The second-order valence-electron chi connectivity index (χ2n) is 6.05. The highest BCUT2D eigenvalue weighted by atomic mass is 16.5. The van der Waals surface area contributed by atoms with Gasteiger partial charge in [0, 0.05) is 13.0 Å². The molecule has 0 aliphatic carbocycles. The molecule has 26 heavy (non-hydrogen) atoms. The van der Waals surface area contributed by atoms with E-state index in [0.717, 1.165) is 0 Å². The maximum atomic E-state index is 12.2. The number of ether oxygens (including phenoxy) is 1. The molecule has 3 heterocycles. The van der Waals surface area contributed by atoms with Crippen molar-refractivity contribution in [3.05, 3.63) is 16.7 Å². The summed E-state index contributed by atoms with van der Waals surface area (Å²) in [6.07, 6.45) is -3.25. The third-order valence-electron chi connectivity index (χ3n) is 4.24. The molecule has 0 amide bonds. The Morgan fingerprint density at radius 1 is 1.38 bits per heavy atom. The lowest BCUT2D eigenvalue weighted by Crippen LogP contribution is -2.35. The molecule has 0 radical (unpaired) electrons. The van der Waals surface area contributed by atoms with Gasteiger partial charge in [-0.15, -0.1) is 0 Å². The van der Waals surface area contributed by atoms with Gasteiger partial charge in [0.05, 0.1) is 31.7 Å². The van der Waals surface area contributed by atoms with Crippen LogP contribution in [0.25, 0.3) is 11.2 Å². The van der Waals surface area contributed by atoms with Crippen LogP contribution in [0.1, 0.15) is 12.6 Å². The molecular formula is C14H21N5O7. The molecule has 0 bridgehead atoms. The van der Waals surface area contributed by atoms with Crippen LogP contribution in [0, 0.1) is 0 Å². The smallest absolute Gasteiger partial charge is 0.280 e. The summed E-state index contributed by atoms with van der Waals surface area (Å²) in [5, 5.41) is 49.5. The Morgan fingerprint density at radius 2 is 2.15 bits per heavy atom. The van der Waals surface area contributed by atoms with Crippen molar-refractivity contribution in [3.63, 3.8) is 0 Å². The van der Waals surface area contributed by atoms with Crippen LogP contribution in [0.4, 0.5) is 5.95 Å². The number of nitrogens with zero attached hydrogens (tertiary/aromatic N) is 3. The first-order valence-electron chi connectivity index (χ1n) is 8.06. The maximum Gasteiger partial charge on any atom is 0.280 e. The summed E-state index contributed by atoms with van der Waals surface area (Å²) in [5.41, 5.74) is -0.257. The molecule has 2 aromatic heterocycles. The molecule has 1 aliphatic heterocycles. The van der Waals surface area contributed by atoms with Crippen molar-refractivity contribution >= 4 is 17.1 Å². The largest absolute Gasteiger partial charge is 0.394 e. The molecule has 12 heteroatoms. The number of anilines is 1. The molecule has 1 saturated heterocycles. The van der Waals surface area contributed by atoms with Gasteiger partial charge in [-0.25, -0.2) is 4.98 Å². The fourth-order valence-electron chi connectivity index (χ4n) is 2.73. The number of rotatable bonds is 7. The van der Waals surface area contributed by atoms with Gasteiger partial charge in [-0.2, -0.15) is 4.98 Å². The van der Waals surface area contributed by atoms with E-state index in [9.17, 15) is 25.2 Å². The van der Waals surface area contributed by atoms with E-state index in [1.54, 1.807) is 0 Å². The van der Waals surface area contributed by atoms with E-state index in [2.05, 4.69) is 20.3 Å². The SMILES string of the molecule is O=c1[nH]c(NC[C@H](O)[C@@H](O)CO)nc2c1ncn2[C@H]1C[C@H](O)[C@@H](CO)O1. The Balaban J connectivity index is 1.84. The molecule has 1 aliphatic rings. The molecule has 0 unspecified atom stereocenters. The van der Waals surface area contributed by atoms with Crippen molar-refractivity contribution < 1.29 is 30.3 Å². The molecular weight excluding hydrogens is 350 g/mol. The normalized spacial score (nSPS) is 25.5. The highest BCUT2D eigenvalue weighted by Crippen LogP contribution is 2.30. The number of aliphatic hydroxyl groups is 5. The Morgan fingerprint density at radius 3 is 2.81 bits per heavy atom. The van der Waals surface area contributed by atoms with E-state index in [1.807, 2.05) is 0 Å². The number of aromatic nitrogens is 4. The number of fused-ring (bicyclic) bond motifs is 1. The number of hydrogen-bond donors (Lipinski definition) is 7. The summed E-state index contributed by atoms with van der Waals surface area (Å²) in [6.45, 7) is -1.10. The van der Waals surface area contributed by atoms with Crippen LogP contribution in [0.2, 0.25) is 0 Å². The van der Waals surface area contributed by atoms with Gasteiger partial charge in [0.15, 0.2) is 11.2 Å². The average molecular weight is 371 g/mol. The van der Waals surface area contributed by atoms with Crippen LogP contribution in [-0.4, -0.2) is 89.2 Å². The number of imidazole rings is 1. The molecule has 0 saturated carbocycles. The number of aromatic amines is 1. The van der Waals surface area contributed by atoms with Gasteiger partial charge in [-0.1, -0.05) is 0 Å². The quantitative estimate of drug-likeness (QED) is 0.262. The van der Waals surface area contributed by atoms with Gasteiger partial charge < -0.3 is 35.6 Å². The van der Waals surface area contributed by atoms with Crippen molar-refractivity contribution in [1.29, 1.82) is 0 Å². The van der Waals surface area contributed by atoms with E-state index < -0.39 is 42.8 Å². The molecule has 12 nitrogen and oxygen atoms in total. The fraction of sp³-hybridized carbons (Fsp3) is 0.643.